The van der Waals surface area contributed by atoms with E-state index in [4.69, 9.17) is 14.5 Å². The molecule has 0 bridgehead atoms. The topological polar surface area (TPSA) is 34.6 Å². The van der Waals surface area contributed by atoms with Gasteiger partial charge in [0.1, 0.15) is 11.5 Å². The molecular formula is C32H38N2O2. The smallest absolute Gasteiger partial charge is 0.128 e. The fraction of sp³-hybridized carbons (Fsp3) is 0.406. The molecule has 0 aliphatic heterocycles. The van der Waals surface area contributed by atoms with Gasteiger partial charge in [0.2, 0.25) is 0 Å². The molecule has 5 rings (SSSR count). The zero-order valence-electron chi connectivity index (χ0n) is 22.3. The number of rotatable bonds is 7. The molecule has 0 spiro atoms. The number of aromatic nitrogens is 1. The van der Waals surface area contributed by atoms with Gasteiger partial charge >= 0.3 is 0 Å². The number of hydrogen-bond acceptors (Lipinski definition) is 4. The van der Waals surface area contributed by atoms with Gasteiger partial charge < -0.3 is 14.4 Å². The van der Waals surface area contributed by atoms with Crippen LogP contribution in [0.2, 0.25) is 0 Å². The highest BCUT2D eigenvalue weighted by Gasteiger charge is 2.31. The first kappa shape index (κ1) is 24.4. The zero-order valence-corrected chi connectivity index (χ0v) is 22.3. The van der Waals surface area contributed by atoms with Gasteiger partial charge in [0.15, 0.2) is 0 Å². The lowest BCUT2D eigenvalue weighted by atomic mass is 9.81. The van der Waals surface area contributed by atoms with E-state index in [2.05, 4.69) is 80.4 Å². The minimum absolute atomic E-state index is 0.204. The van der Waals surface area contributed by atoms with Crippen molar-refractivity contribution in [2.24, 2.45) is 5.92 Å². The number of nitrogens with zero attached hydrogens (tertiary/aromatic N) is 2. The molecule has 0 N–H and O–H groups in total. The van der Waals surface area contributed by atoms with Crippen molar-refractivity contribution >= 4 is 22.0 Å². The molecule has 2 unspecified atom stereocenters. The first-order chi connectivity index (χ1) is 17.6. The molecule has 3 aromatic rings. The largest absolute Gasteiger partial charge is 0.496 e. The van der Waals surface area contributed by atoms with Crippen LogP contribution in [0.4, 0.5) is 5.69 Å². The number of allylic oxidation sites excluding steroid dienone is 4. The van der Waals surface area contributed by atoms with Crippen LogP contribution in [0.5, 0.6) is 11.5 Å². The molecule has 2 aromatic carbocycles. The zero-order chi connectivity index (χ0) is 25.2. The number of methoxy groups -OCH3 is 2. The molecule has 0 amide bonds. The van der Waals surface area contributed by atoms with Gasteiger partial charge in [-0.3, -0.25) is 4.98 Å². The van der Waals surface area contributed by atoms with Crippen LogP contribution < -0.4 is 14.4 Å². The minimum atomic E-state index is 0.204. The summed E-state index contributed by atoms with van der Waals surface area (Å²) in [6.45, 7) is 4.54. The molecule has 1 aromatic heterocycles. The monoisotopic (exact) mass is 482 g/mol. The maximum absolute atomic E-state index is 6.09. The van der Waals surface area contributed by atoms with Gasteiger partial charge in [-0.2, -0.15) is 0 Å². The molecule has 188 valence electrons. The summed E-state index contributed by atoms with van der Waals surface area (Å²) in [5, 5.41) is 2.34. The van der Waals surface area contributed by atoms with Crippen molar-refractivity contribution in [1.29, 1.82) is 0 Å². The van der Waals surface area contributed by atoms with E-state index in [0.717, 1.165) is 61.1 Å². The van der Waals surface area contributed by atoms with Crippen molar-refractivity contribution < 1.29 is 9.47 Å². The molecule has 2 aliphatic rings. The third-order valence-electron chi connectivity index (χ3n) is 8.12. The predicted molar refractivity (Wildman–Crippen MR) is 150 cm³/mol. The second kappa shape index (κ2) is 10.4. The molecule has 0 radical (unpaired) electrons. The Morgan fingerprint density at radius 3 is 2.50 bits per heavy atom. The van der Waals surface area contributed by atoms with Crippen molar-refractivity contribution in [2.75, 3.05) is 26.2 Å². The first-order valence-corrected chi connectivity index (χ1v) is 13.4. The Morgan fingerprint density at radius 1 is 1.00 bits per heavy atom. The Balaban J connectivity index is 1.61. The number of ether oxygens (including phenoxy) is 2. The number of benzene rings is 2. The van der Waals surface area contributed by atoms with Crippen LogP contribution in [0.1, 0.15) is 68.9 Å². The number of anilines is 1. The molecule has 2 aliphatic carbocycles. The molecule has 0 fully saturated rings. The summed E-state index contributed by atoms with van der Waals surface area (Å²) in [6, 6.07) is 15.2. The summed E-state index contributed by atoms with van der Waals surface area (Å²) < 4.78 is 11.7. The van der Waals surface area contributed by atoms with E-state index in [0.29, 0.717) is 5.92 Å². The highest BCUT2D eigenvalue weighted by atomic mass is 16.5. The van der Waals surface area contributed by atoms with Gasteiger partial charge in [0, 0.05) is 35.1 Å². The third kappa shape index (κ3) is 4.17. The van der Waals surface area contributed by atoms with Crippen molar-refractivity contribution in [2.45, 2.75) is 58.4 Å². The second-order valence-electron chi connectivity index (χ2n) is 9.96. The maximum atomic E-state index is 6.09. The first-order valence-electron chi connectivity index (χ1n) is 13.4. The molecule has 36 heavy (non-hydrogen) atoms. The number of pyridine rings is 1. The minimum Gasteiger partial charge on any atom is -0.496 e. The Hall–Kier alpha value is -3.27. The van der Waals surface area contributed by atoms with Gasteiger partial charge in [0.25, 0.3) is 0 Å². The molecule has 4 heteroatoms. The summed E-state index contributed by atoms with van der Waals surface area (Å²) in [7, 11) is 5.75. The predicted octanol–water partition coefficient (Wildman–Crippen LogP) is 7.92. The van der Waals surface area contributed by atoms with Crippen LogP contribution in [0, 0.1) is 5.92 Å². The van der Waals surface area contributed by atoms with E-state index in [1.807, 2.05) is 0 Å². The molecule has 4 nitrogen and oxygen atoms in total. The maximum Gasteiger partial charge on any atom is 0.128 e. The van der Waals surface area contributed by atoms with Crippen LogP contribution >= 0.6 is 0 Å². The summed E-state index contributed by atoms with van der Waals surface area (Å²) >= 11 is 0. The van der Waals surface area contributed by atoms with E-state index in [1.165, 1.54) is 33.5 Å². The van der Waals surface area contributed by atoms with Crippen LogP contribution in [0.15, 0.2) is 60.2 Å². The Labute approximate surface area is 215 Å². The highest BCUT2D eigenvalue weighted by molar-refractivity contribution is 5.98. The van der Waals surface area contributed by atoms with E-state index >= 15 is 0 Å². The van der Waals surface area contributed by atoms with Crippen molar-refractivity contribution in [3.63, 3.8) is 0 Å². The van der Waals surface area contributed by atoms with Gasteiger partial charge in [0.05, 0.1) is 31.6 Å². The molecular weight excluding hydrogens is 444 g/mol. The van der Waals surface area contributed by atoms with Crippen molar-refractivity contribution in [3.05, 3.63) is 77.1 Å². The standard InChI is InChI=1S/C32H38N2O2/c1-6-21-12-10-13-22(7-2)31(21)26-20-30(36-5)32-25(33-26)16-11-17-28(32)34(3)27-18-19-29(35-4)24-15-9-8-14-23(24)27/h8-10,12,14-15,18-20,22,28H,6-7,11,13,16-17H2,1-5H3. The van der Waals surface area contributed by atoms with Gasteiger partial charge in [-0.25, -0.2) is 0 Å². The van der Waals surface area contributed by atoms with Gasteiger partial charge in [-0.15, -0.1) is 0 Å². The van der Waals surface area contributed by atoms with Crippen molar-refractivity contribution in [1.82, 2.24) is 4.98 Å². The van der Waals surface area contributed by atoms with E-state index < -0.39 is 0 Å². The van der Waals surface area contributed by atoms with Crippen LogP contribution in [0.3, 0.4) is 0 Å². The highest BCUT2D eigenvalue weighted by Crippen LogP contribution is 2.45. The summed E-state index contributed by atoms with van der Waals surface area (Å²) in [5.74, 6) is 2.40. The number of aryl methyl sites for hydroxylation is 1. The second-order valence-corrected chi connectivity index (χ2v) is 9.96. The van der Waals surface area contributed by atoms with E-state index in [-0.39, 0.29) is 6.04 Å². The summed E-state index contributed by atoms with van der Waals surface area (Å²) in [4.78, 5) is 7.75. The van der Waals surface area contributed by atoms with Crippen LogP contribution in [0.25, 0.3) is 16.3 Å². The summed E-state index contributed by atoms with van der Waals surface area (Å²) in [6.07, 6.45) is 11.1. The fourth-order valence-corrected chi connectivity index (χ4v) is 6.24. The SMILES string of the molecule is CCC1=C(c2cc(OC)c3c(n2)CCCC3N(C)c2ccc(OC)c3ccccc23)C(CC)CC=C1. The Bertz CT molecular complexity index is 1310. The third-order valence-corrected chi connectivity index (χ3v) is 8.12. The van der Waals surface area contributed by atoms with E-state index in [1.54, 1.807) is 14.2 Å². The average molecular weight is 483 g/mol. The van der Waals surface area contributed by atoms with Crippen molar-refractivity contribution in [3.8, 4) is 11.5 Å². The molecule has 2 atom stereocenters. The molecule has 1 heterocycles. The molecule has 0 saturated carbocycles. The van der Waals surface area contributed by atoms with E-state index in [9.17, 15) is 0 Å². The molecule has 0 saturated heterocycles. The quantitative estimate of drug-likeness (QED) is 0.343. The Kier molecular flexibility index (Phi) is 7.04. The lowest BCUT2D eigenvalue weighted by Gasteiger charge is -2.36. The van der Waals surface area contributed by atoms with Crippen LogP contribution in [-0.4, -0.2) is 26.3 Å². The van der Waals surface area contributed by atoms with Gasteiger partial charge in [-0.1, -0.05) is 50.3 Å². The Morgan fingerprint density at radius 2 is 1.78 bits per heavy atom. The lowest BCUT2D eigenvalue weighted by Crippen LogP contribution is -2.29. The average Bonchev–Trinajstić information content (AvgIpc) is 2.94. The lowest BCUT2D eigenvalue weighted by molar-refractivity contribution is 0.394. The summed E-state index contributed by atoms with van der Waals surface area (Å²) in [5.41, 5.74) is 7.58. The van der Waals surface area contributed by atoms with Gasteiger partial charge in [-0.05, 0) is 67.7 Å². The fourth-order valence-electron chi connectivity index (χ4n) is 6.24. The number of hydrogen-bond donors (Lipinski definition) is 0. The number of fused-ring (bicyclic) bond motifs is 2. The van der Waals surface area contributed by atoms with Crippen LogP contribution in [-0.2, 0) is 6.42 Å². The normalized spacial score (nSPS) is 19.4.